The lowest BCUT2D eigenvalue weighted by Crippen LogP contribution is -2.42. The Morgan fingerprint density at radius 3 is 2.44 bits per heavy atom. The predicted molar refractivity (Wildman–Crippen MR) is 104 cm³/mol. The molecule has 1 unspecified atom stereocenters. The Morgan fingerprint density at radius 1 is 1.20 bits per heavy atom. The van der Waals surface area contributed by atoms with Gasteiger partial charge in [-0.1, -0.05) is 19.8 Å². The smallest absolute Gasteiger partial charge is 0.211 e. The molecule has 0 radical (unpaired) electrons. The number of sulfonamides is 1. The Kier molecular flexibility index (Phi) is 7.55. The molecule has 146 valence electrons. The summed E-state index contributed by atoms with van der Waals surface area (Å²) in [6, 6.07) is 0. The summed E-state index contributed by atoms with van der Waals surface area (Å²) in [5.74, 6) is 2.92. The van der Waals surface area contributed by atoms with Crippen molar-refractivity contribution in [2.45, 2.75) is 46.0 Å². The van der Waals surface area contributed by atoms with Crippen molar-refractivity contribution >= 4 is 16.0 Å². The molecule has 7 heteroatoms. The van der Waals surface area contributed by atoms with E-state index in [1.54, 1.807) is 4.31 Å². The third-order valence-electron chi connectivity index (χ3n) is 5.58. The van der Waals surface area contributed by atoms with Gasteiger partial charge >= 0.3 is 0 Å². The number of guanidine groups is 1. The zero-order valence-electron chi connectivity index (χ0n) is 16.4. The lowest BCUT2D eigenvalue weighted by atomic mass is 9.83. The summed E-state index contributed by atoms with van der Waals surface area (Å²) < 4.78 is 24.9. The van der Waals surface area contributed by atoms with Gasteiger partial charge in [0.05, 0.1) is 6.26 Å². The first kappa shape index (κ1) is 20.5. The van der Waals surface area contributed by atoms with Crippen LogP contribution in [0.1, 0.15) is 46.0 Å². The molecule has 0 bridgehead atoms. The highest BCUT2D eigenvalue weighted by Crippen LogP contribution is 2.28. The minimum absolute atomic E-state index is 0.326. The van der Waals surface area contributed by atoms with E-state index < -0.39 is 10.0 Å². The van der Waals surface area contributed by atoms with Crippen LogP contribution in [-0.2, 0) is 10.0 Å². The Hall–Kier alpha value is -0.820. The fourth-order valence-corrected chi connectivity index (χ4v) is 4.84. The molecule has 0 aromatic rings. The number of nitrogens with one attached hydrogen (secondary N) is 1. The normalized spacial score (nSPS) is 29.0. The molecule has 0 spiro atoms. The van der Waals surface area contributed by atoms with Crippen LogP contribution in [0.25, 0.3) is 0 Å². The van der Waals surface area contributed by atoms with Crippen molar-refractivity contribution in [1.82, 2.24) is 14.5 Å². The Morgan fingerprint density at radius 2 is 1.88 bits per heavy atom. The van der Waals surface area contributed by atoms with Gasteiger partial charge in [-0.2, -0.15) is 0 Å². The maximum Gasteiger partial charge on any atom is 0.211 e. The van der Waals surface area contributed by atoms with Crippen LogP contribution in [0.4, 0.5) is 0 Å². The highest BCUT2D eigenvalue weighted by Gasteiger charge is 2.28. The van der Waals surface area contributed by atoms with Crippen molar-refractivity contribution in [2.24, 2.45) is 22.7 Å². The molecular formula is C18H36N4O2S. The zero-order valence-corrected chi connectivity index (χ0v) is 17.2. The van der Waals surface area contributed by atoms with Gasteiger partial charge in [-0.05, 0) is 43.9 Å². The summed E-state index contributed by atoms with van der Waals surface area (Å²) in [5.41, 5.74) is 0. The molecule has 1 aliphatic carbocycles. The quantitative estimate of drug-likeness (QED) is 0.572. The zero-order chi connectivity index (χ0) is 18.4. The topological polar surface area (TPSA) is 65.0 Å². The minimum Gasteiger partial charge on any atom is -0.357 e. The lowest BCUT2D eigenvalue weighted by Gasteiger charge is -2.31. The van der Waals surface area contributed by atoms with Gasteiger partial charge in [-0.15, -0.1) is 0 Å². The molecule has 1 N–H and O–H groups in total. The Labute approximate surface area is 154 Å². The van der Waals surface area contributed by atoms with Crippen molar-refractivity contribution in [3.8, 4) is 0 Å². The van der Waals surface area contributed by atoms with E-state index in [1.807, 2.05) is 0 Å². The maximum absolute atomic E-state index is 11.6. The van der Waals surface area contributed by atoms with Gasteiger partial charge in [0.25, 0.3) is 0 Å². The van der Waals surface area contributed by atoms with Crippen LogP contribution < -0.4 is 5.32 Å². The SMILES string of the molecule is CCNC(=NCC1CCN(S(C)(=O)=O)C1)N(C)CC1CCC(C)CC1. The highest BCUT2D eigenvalue weighted by molar-refractivity contribution is 7.88. The first-order valence-corrected chi connectivity index (χ1v) is 11.6. The minimum atomic E-state index is -3.07. The van der Waals surface area contributed by atoms with Crippen LogP contribution in [0.2, 0.25) is 0 Å². The van der Waals surface area contributed by atoms with Crippen LogP contribution in [0.3, 0.4) is 0 Å². The van der Waals surface area contributed by atoms with Gasteiger partial charge in [0.2, 0.25) is 10.0 Å². The van der Waals surface area contributed by atoms with Gasteiger partial charge in [0, 0.05) is 39.8 Å². The van der Waals surface area contributed by atoms with E-state index in [2.05, 4.69) is 31.1 Å². The number of hydrogen-bond acceptors (Lipinski definition) is 3. The van der Waals surface area contributed by atoms with Crippen LogP contribution in [0.5, 0.6) is 0 Å². The van der Waals surface area contributed by atoms with E-state index in [-0.39, 0.29) is 0 Å². The van der Waals surface area contributed by atoms with Crippen LogP contribution in [0, 0.1) is 17.8 Å². The van der Waals surface area contributed by atoms with E-state index in [9.17, 15) is 8.42 Å². The molecule has 1 saturated carbocycles. The summed E-state index contributed by atoms with van der Waals surface area (Å²) in [6.07, 6.45) is 7.51. The Balaban J connectivity index is 1.87. The molecular weight excluding hydrogens is 336 g/mol. The predicted octanol–water partition coefficient (Wildman–Crippen LogP) is 1.99. The number of nitrogens with zero attached hydrogens (tertiary/aromatic N) is 3. The third kappa shape index (κ3) is 6.44. The van der Waals surface area contributed by atoms with Crippen molar-refractivity contribution in [2.75, 3.05) is 46.0 Å². The number of aliphatic imine (C=N–C) groups is 1. The first-order chi connectivity index (χ1) is 11.8. The van der Waals surface area contributed by atoms with Crippen LogP contribution in [-0.4, -0.2) is 69.6 Å². The van der Waals surface area contributed by atoms with Crippen molar-refractivity contribution < 1.29 is 8.42 Å². The molecule has 1 atom stereocenters. The molecule has 2 rings (SSSR count). The summed E-state index contributed by atoms with van der Waals surface area (Å²) in [7, 11) is -0.943. The molecule has 1 heterocycles. The second-order valence-electron chi connectivity index (χ2n) is 7.98. The molecule has 6 nitrogen and oxygen atoms in total. The summed E-state index contributed by atoms with van der Waals surface area (Å²) >= 11 is 0. The Bertz CT molecular complexity index is 541. The largest absolute Gasteiger partial charge is 0.357 e. The summed E-state index contributed by atoms with van der Waals surface area (Å²) in [5, 5.41) is 3.39. The van der Waals surface area contributed by atoms with E-state index in [0.717, 1.165) is 37.3 Å². The number of rotatable bonds is 6. The highest BCUT2D eigenvalue weighted by atomic mass is 32.2. The van der Waals surface area contributed by atoms with Gasteiger partial charge in [0.15, 0.2) is 5.96 Å². The molecule has 2 aliphatic rings. The average Bonchev–Trinajstić information content (AvgIpc) is 3.02. The van der Waals surface area contributed by atoms with Crippen molar-refractivity contribution in [3.05, 3.63) is 0 Å². The van der Waals surface area contributed by atoms with E-state index in [4.69, 9.17) is 4.99 Å². The summed E-state index contributed by atoms with van der Waals surface area (Å²) in [4.78, 5) is 7.06. The average molecular weight is 373 g/mol. The molecule has 0 amide bonds. The van der Waals surface area contributed by atoms with Gasteiger partial charge in [-0.25, -0.2) is 12.7 Å². The molecule has 1 aliphatic heterocycles. The van der Waals surface area contributed by atoms with Gasteiger partial charge in [0.1, 0.15) is 0 Å². The van der Waals surface area contributed by atoms with E-state index >= 15 is 0 Å². The van der Waals surface area contributed by atoms with Crippen molar-refractivity contribution in [3.63, 3.8) is 0 Å². The van der Waals surface area contributed by atoms with Crippen molar-refractivity contribution in [1.29, 1.82) is 0 Å². The van der Waals surface area contributed by atoms with E-state index in [0.29, 0.717) is 25.6 Å². The first-order valence-electron chi connectivity index (χ1n) is 9.74. The lowest BCUT2D eigenvalue weighted by molar-refractivity contribution is 0.250. The molecule has 1 saturated heterocycles. The second-order valence-corrected chi connectivity index (χ2v) is 9.96. The van der Waals surface area contributed by atoms with Gasteiger partial charge in [-0.3, -0.25) is 4.99 Å². The maximum atomic E-state index is 11.6. The standard InChI is InChI=1S/C18H36N4O2S/c1-5-19-18(21(3)13-16-8-6-15(2)7-9-16)20-12-17-10-11-22(14-17)25(4,23)24/h15-17H,5-14H2,1-4H3,(H,19,20). The molecule has 2 fully saturated rings. The van der Waals surface area contributed by atoms with Crippen LogP contribution in [0.15, 0.2) is 4.99 Å². The number of hydrogen-bond donors (Lipinski definition) is 1. The van der Waals surface area contributed by atoms with Crippen LogP contribution >= 0.6 is 0 Å². The monoisotopic (exact) mass is 372 g/mol. The fraction of sp³-hybridized carbons (Fsp3) is 0.944. The molecule has 25 heavy (non-hydrogen) atoms. The second kappa shape index (κ2) is 9.21. The molecule has 0 aromatic heterocycles. The fourth-order valence-electron chi connectivity index (χ4n) is 3.92. The summed E-state index contributed by atoms with van der Waals surface area (Å²) in [6.45, 7) is 8.28. The third-order valence-corrected chi connectivity index (χ3v) is 6.85. The van der Waals surface area contributed by atoms with E-state index in [1.165, 1.54) is 31.9 Å². The molecule has 0 aromatic carbocycles. The van der Waals surface area contributed by atoms with Gasteiger partial charge < -0.3 is 10.2 Å².